The zero-order chi connectivity index (χ0) is 8.39. The van der Waals surface area contributed by atoms with Crippen LogP contribution in [0.1, 0.15) is 11.1 Å². The molecule has 0 bridgehead atoms. The molecule has 0 saturated carbocycles. The van der Waals surface area contributed by atoms with Crippen molar-refractivity contribution < 1.29 is 0 Å². The van der Waals surface area contributed by atoms with Crippen LogP contribution in [0.25, 0.3) is 6.08 Å². The Bertz CT molecular complexity index is 348. The summed E-state index contributed by atoms with van der Waals surface area (Å²) in [5, 5.41) is 0.806. The van der Waals surface area contributed by atoms with Crippen molar-refractivity contribution in [3.05, 3.63) is 52.6 Å². The number of hydrogen-bond acceptors (Lipinski definition) is 0. The maximum absolute atomic E-state index is 5.92. The number of allylic oxidation sites excluding steroid dienone is 3. The Morgan fingerprint density at radius 1 is 1.17 bits per heavy atom. The summed E-state index contributed by atoms with van der Waals surface area (Å²) in [4.78, 5) is 0. The predicted octanol–water partition coefficient (Wildman–Crippen LogP) is 3.38. The fourth-order valence-electron chi connectivity index (χ4n) is 1.36. The number of halogens is 1. The molecule has 12 heavy (non-hydrogen) atoms. The Morgan fingerprint density at radius 2 is 2.00 bits per heavy atom. The van der Waals surface area contributed by atoms with Gasteiger partial charge in [-0.05, 0) is 29.7 Å². The molecule has 1 aliphatic carbocycles. The summed E-state index contributed by atoms with van der Waals surface area (Å²) in [6.45, 7) is 0. The number of benzene rings is 1. The molecule has 0 heterocycles. The van der Waals surface area contributed by atoms with Gasteiger partial charge in [0.05, 0.1) is 0 Å². The molecular formula is C11H9Cl. The van der Waals surface area contributed by atoms with Gasteiger partial charge in [0.1, 0.15) is 0 Å². The van der Waals surface area contributed by atoms with E-state index in [0.29, 0.717) is 0 Å². The number of fused-ring (bicyclic) bond motifs is 1. The van der Waals surface area contributed by atoms with E-state index >= 15 is 0 Å². The first-order valence-electron chi connectivity index (χ1n) is 3.98. The van der Waals surface area contributed by atoms with Gasteiger partial charge in [0.15, 0.2) is 0 Å². The molecule has 0 aliphatic heterocycles. The first-order valence-corrected chi connectivity index (χ1v) is 4.36. The third-order valence-electron chi connectivity index (χ3n) is 1.96. The van der Waals surface area contributed by atoms with Gasteiger partial charge in [0.25, 0.3) is 0 Å². The van der Waals surface area contributed by atoms with E-state index in [1.807, 2.05) is 18.2 Å². The van der Waals surface area contributed by atoms with E-state index in [2.05, 4.69) is 24.3 Å². The molecule has 0 N–H and O–H groups in total. The molecule has 60 valence electrons. The van der Waals surface area contributed by atoms with Crippen molar-refractivity contribution in [3.8, 4) is 0 Å². The molecule has 0 spiro atoms. The lowest BCUT2D eigenvalue weighted by Crippen LogP contribution is -1.83. The van der Waals surface area contributed by atoms with Gasteiger partial charge in [-0.25, -0.2) is 0 Å². The Balaban J connectivity index is 2.54. The van der Waals surface area contributed by atoms with E-state index in [-0.39, 0.29) is 0 Å². The van der Waals surface area contributed by atoms with Crippen molar-refractivity contribution in [2.24, 2.45) is 0 Å². The van der Waals surface area contributed by atoms with Gasteiger partial charge in [0, 0.05) is 5.03 Å². The Kier molecular flexibility index (Phi) is 2.01. The van der Waals surface area contributed by atoms with Crippen LogP contribution in [-0.4, -0.2) is 0 Å². The molecule has 0 radical (unpaired) electrons. The second-order valence-corrected chi connectivity index (χ2v) is 3.27. The van der Waals surface area contributed by atoms with Crippen LogP contribution in [0.15, 0.2) is 41.4 Å². The molecule has 0 saturated heterocycles. The highest BCUT2D eigenvalue weighted by molar-refractivity contribution is 6.33. The summed E-state index contributed by atoms with van der Waals surface area (Å²) in [6, 6.07) is 8.31. The Hall–Kier alpha value is -1.01. The molecule has 0 amide bonds. The number of hydrogen-bond donors (Lipinski definition) is 0. The maximum Gasteiger partial charge on any atom is 0.0408 e. The van der Waals surface area contributed by atoms with Crippen LogP contribution in [0.3, 0.4) is 0 Å². The van der Waals surface area contributed by atoms with Crippen molar-refractivity contribution in [1.82, 2.24) is 0 Å². The van der Waals surface area contributed by atoms with Crippen molar-refractivity contribution >= 4 is 17.7 Å². The van der Waals surface area contributed by atoms with Crippen molar-refractivity contribution in [2.75, 3.05) is 0 Å². The highest BCUT2D eigenvalue weighted by atomic mass is 35.5. The minimum Gasteiger partial charge on any atom is -0.0843 e. The van der Waals surface area contributed by atoms with Crippen LogP contribution in [-0.2, 0) is 6.42 Å². The fraction of sp³-hybridized carbons (Fsp3) is 0.0909. The summed E-state index contributed by atoms with van der Waals surface area (Å²) >= 11 is 5.92. The minimum absolute atomic E-state index is 0.806. The van der Waals surface area contributed by atoms with Gasteiger partial charge in [-0.1, -0.05) is 41.9 Å². The van der Waals surface area contributed by atoms with Crippen molar-refractivity contribution in [3.63, 3.8) is 0 Å². The quantitative estimate of drug-likeness (QED) is 0.569. The monoisotopic (exact) mass is 176 g/mol. The van der Waals surface area contributed by atoms with Crippen LogP contribution in [0, 0.1) is 0 Å². The molecule has 0 aromatic heterocycles. The third-order valence-corrected chi connectivity index (χ3v) is 2.20. The SMILES string of the molecule is ClC1=Cc2ccccc2CC=C1. The lowest BCUT2D eigenvalue weighted by molar-refractivity contribution is 1.27. The van der Waals surface area contributed by atoms with Crippen LogP contribution in [0.4, 0.5) is 0 Å². The lowest BCUT2D eigenvalue weighted by Gasteiger charge is -1.99. The molecular weight excluding hydrogens is 168 g/mol. The van der Waals surface area contributed by atoms with Crippen LogP contribution in [0.2, 0.25) is 0 Å². The molecule has 1 aromatic rings. The summed E-state index contributed by atoms with van der Waals surface area (Å²) < 4.78 is 0. The predicted molar refractivity (Wildman–Crippen MR) is 53.1 cm³/mol. The molecule has 1 aliphatic rings. The Labute approximate surface area is 77.2 Å². The molecule has 0 nitrogen and oxygen atoms in total. The summed E-state index contributed by atoms with van der Waals surface area (Å²) in [5.41, 5.74) is 2.57. The third kappa shape index (κ3) is 1.44. The topological polar surface area (TPSA) is 0 Å². The molecule has 0 atom stereocenters. The molecule has 0 fully saturated rings. The van der Waals surface area contributed by atoms with Crippen LogP contribution >= 0.6 is 11.6 Å². The van der Waals surface area contributed by atoms with Gasteiger partial charge in [0.2, 0.25) is 0 Å². The normalized spacial score (nSPS) is 14.9. The van der Waals surface area contributed by atoms with E-state index in [4.69, 9.17) is 11.6 Å². The van der Waals surface area contributed by atoms with Crippen molar-refractivity contribution in [1.29, 1.82) is 0 Å². The average Bonchev–Trinajstić information content (AvgIpc) is 2.25. The second-order valence-electron chi connectivity index (χ2n) is 2.83. The van der Waals surface area contributed by atoms with Gasteiger partial charge in [-0.3, -0.25) is 0 Å². The van der Waals surface area contributed by atoms with E-state index in [9.17, 15) is 0 Å². The first kappa shape index (κ1) is 7.63. The largest absolute Gasteiger partial charge is 0.0843 e. The zero-order valence-corrected chi connectivity index (χ0v) is 7.38. The summed E-state index contributed by atoms with van der Waals surface area (Å²) in [6.07, 6.45) is 7.01. The second kappa shape index (κ2) is 3.16. The van der Waals surface area contributed by atoms with Crippen LogP contribution < -0.4 is 0 Å². The molecule has 1 aromatic carbocycles. The van der Waals surface area contributed by atoms with Gasteiger partial charge >= 0.3 is 0 Å². The Morgan fingerprint density at radius 3 is 2.92 bits per heavy atom. The lowest BCUT2D eigenvalue weighted by atomic mass is 10.1. The number of rotatable bonds is 0. The molecule has 0 unspecified atom stereocenters. The zero-order valence-electron chi connectivity index (χ0n) is 6.63. The standard InChI is InChI=1S/C11H9Cl/c12-11-7-3-6-9-4-1-2-5-10(9)8-11/h1-5,7-8H,6H2. The highest BCUT2D eigenvalue weighted by Gasteiger charge is 2.00. The van der Waals surface area contributed by atoms with E-state index in [1.54, 1.807) is 0 Å². The average molecular weight is 177 g/mol. The smallest absolute Gasteiger partial charge is 0.0408 e. The summed E-state index contributed by atoms with van der Waals surface area (Å²) in [5.74, 6) is 0. The van der Waals surface area contributed by atoms with E-state index in [0.717, 1.165) is 11.5 Å². The molecule has 1 heteroatoms. The molecule has 2 rings (SSSR count). The van der Waals surface area contributed by atoms with Gasteiger partial charge in [-0.2, -0.15) is 0 Å². The summed E-state index contributed by atoms with van der Waals surface area (Å²) in [7, 11) is 0. The van der Waals surface area contributed by atoms with E-state index in [1.165, 1.54) is 11.1 Å². The van der Waals surface area contributed by atoms with E-state index < -0.39 is 0 Å². The van der Waals surface area contributed by atoms with Gasteiger partial charge in [-0.15, -0.1) is 0 Å². The fourth-order valence-corrected chi connectivity index (χ4v) is 1.56. The first-order chi connectivity index (χ1) is 5.86. The van der Waals surface area contributed by atoms with Crippen LogP contribution in [0.5, 0.6) is 0 Å². The maximum atomic E-state index is 5.92. The van der Waals surface area contributed by atoms with Crippen molar-refractivity contribution in [2.45, 2.75) is 6.42 Å². The highest BCUT2D eigenvalue weighted by Crippen LogP contribution is 2.20. The minimum atomic E-state index is 0.806. The van der Waals surface area contributed by atoms with Gasteiger partial charge < -0.3 is 0 Å².